The van der Waals surface area contributed by atoms with Gasteiger partial charge >= 0.3 is 0 Å². The van der Waals surface area contributed by atoms with Crippen molar-refractivity contribution in [1.82, 2.24) is 15.5 Å². The number of guanidine groups is 1. The molecular weight excluding hydrogens is 276 g/mol. The quantitative estimate of drug-likeness (QED) is 0.455. The minimum Gasteiger partial charge on any atom is -0.379 e. The third-order valence-electron chi connectivity index (χ3n) is 3.82. The molecule has 2 N–H and O–H groups in total. The molecule has 0 spiro atoms. The Kier molecular flexibility index (Phi) is 7.77. The molecular formula is C17H28N4O. The molecule has 22 heavy (non-hydrogen) atoms. The predicted molar refractivity (Wildman–Crippen MR) is 91.1 cm³/mol. The summed E-state index contributed by atoms with van der Waals surface area (Å²) in [6.07, 6.45) is 2.37. The Bertz CT molecular complexity index is 430. The number of ether oxygens (including phenoxy) is 1. The zero-order chi connectivity index (χ0) is 15.5. The van der Waals surface area contributed by atoms with Gasteiger partial charge in [0, 0.05) is 33.2 Å². The summed E-state index contributed by atoms with van der Waals surface area (Å²) in [5, 5.41) is 6.71. The zero-order valence-electron chi connectivity index (χ0n) is 13.6. The first-order chi connectivity index (χ1) is 10.9. The van der Waals surface area contributed by atoms with Gasteiger partial charge < -0.3 is 15.4 Å². The number of hydrogen-bond donors (Lipinski definition) is 2. The van der Waals surface area contributed by atoms with Crippen LogP contribution in [0.3, 0.4) is 0 Å². The fraction of sp³-hybridized carbons (Fsp3) is 0.588. The van der Waals surface area contributed by atoms with Crippen LogP contribution in [0.15, 0.2) is 35.3 Å². The first-order valence-corrected chi connectivity index (χ1v) is 8.17. The Balaban J connectivity index is 1.54. The van der Waals surface area contributed by atoms with Gasteiger partial charge in [-0.2, -0.15) is 0 Å². The van der Waals surface area contributed by atoms with Gasteiger partial charge in [0.15, 0.2) is 5.96 Å². The highest BCUT2D eigenvalue weighted by molar-refractivity contribution is 5.79. The van der Waals surface area contributed by atoms with E-state index in [0.29, 0.717) is 0 Å². The summed E-state index contributed by atoms with van der Waals surface area (Å²) >= 11 is 0. The molecule has 1 aliphatic heterocycles. The molecule has 5 nitrogen and oxygen atoms in total. The van der Waals surface area contributed by atoms with Gasteiger partial charge in [-0.05, 0) is 24.9 Å². The lowest BCUT2D eigenvalue weighted by Gasteiger charge is -2.26. The van der Waals surface area contributed by atoms with Crippen LogP contribution in [0.5, 0.6) is 0 Å². The number of nitrogens with one attached hydrogen (secondary N) is 2. The van der Waals surface area contributed by atoms with Crippen LogP contribution in [0.1, 0.15) is 18.4 Å². The van der Waals surface area contributed by atoms with Crippen LogP contribution >= 0.6 is 0 Å². The molecule has 2 rings (SSSR count). The second-order valence-electron chi connectivity index (χ2n) is 5.50. The number of morpholine rings is 1. The molecule has 0 unspecified atom stereocenters. The molecule has 1 fully saturated rings. The van der Waals surface area contributed by atoms with E-state index in [1.165, 1.54) is 18.5 Å². The van der Waals surface area contributed by atoms with E-state index in [1.54, 1.807) is 0 Å². The van der Waals surface area contributed by atoms with Crippen molar-refractivity contribution in [2.45, 2.75) is 19.4 Å². The maximum atomic E-state index is 5.36. The van der Waals surface area contributed by atoms with Crippen molar-refractivity contribution in [3.63, 3.8) is 0 Å². The highest BCUT2D eigenvalue weighted by atomic mass is 16.5. The molecule has 0 aromatic heterocycles. The lowest BCUT2D eigenvalue weighted by Crippen LogP contribution is -2.38. The van der Waals surface area contributed by atoms with Gasteiger partial charge in [0.05, 0.1) is 13.2 Å². The minimum absolute atomic E-state index is 0.800. The Morgan fingerprint density at radius 3 is 2.64 bits per heavy atom. The van der Waals surface area contributed by atoms with E-state index in [4.69, 9.17) is 4.74 Å². The Labute approximate surface area is 133 Å². The second kappa shape index (κ2) is 10.2. The highest BCUT2D eigenvalue weighted by Gasteiger charge is 2.08. The number of benzene rings is 1. The maximum absolute atomic E-state index is 5.36. The summed E-state index contributed by atoms with van der Waals surface area (Å²) in [6.45, 7) is 6.85. The second-order valence-corrected chi connectivity index (χ2v) is 5.50. The molecule has 0 amide bonds. The van der Waals surface area contributed by atoms with Gasteiger partial charge in [-0.1, -0.05) is 30.3 Å². The fourth-order valence-corrected chi connectivity index (χ4v) is 2.49. The van der Waals surface area contributed by atoms with Crippen LogP contribution in [-0.2, 0) is 11.3 Å². The molecule has 1 heterocycles. The third kappa shape index (κ3) is 6.45. The minimum atomic E-state index is 0.800. The van der Waals surface area contributed by atoms with E-state index in [9.17, 15) is 0 Å². The number of aliphatic imine (C=N–C) groups is 1. The SMILES string of the molecule is CN=C(NCCCCN1CCOCC1)NCc1ccccc1. The van der Waals surface area contributed by atoms with Crippen molar-refractivity contribution in [3.05, 3.63) is 35.9 Å². The molecule has 5 heteroatoms. The van der Waals surface area contributed by atoms with Gasteiger partial charge in [0.1, 0.15) is 0 Å². The van der Waals surface area contributed by atoms with Crippen molar-refractivity contribution in [2.75, 3.05) is 46.4 Å². The summed E-state index contributed by atoms with van der Waals surface area (Å²) < 4.78 is 5.36. The molecule has 0 radical (unpaired) electrons. The maximum Gasteiger partial charge on any atom is 0.191 e. The summed E-state index contributed by atoms with van der Waals surface area (Å²) in [5.41, 5.74) is 1.26. The smallest absolute Gasteiger partial charge is 0.191 e. The van der Waals surface area contributed by atoms with Crippen molar-refractivity contribution in [2.24, 2.45) is 4.99 Å². The Morgan fingerprint density at radius 2 is 1.91 bits per heavy atom. The fourth-order valence-electron chi connectivity index (χ4n) is 2.49. The molecule has 1 aromatic carbocycles. The van der Waals surface area contributed by atoms with E-state index in [1.807, 2.05) is 13.1 Å². The Morgan fingerprint density at radius 1 is 1.14 bits per heavy atom. The molecule has 0 saturated carbocycles. The van der Waals surface area contributed by atoms with Gasteiger partial charge in [-0.25, -0.2) is 0 Å². The third-order valence-corrected chi connectivity index (χ3v) is 3.82. The molecule has 1 aromatic rings. The predicted octanol–water partition coefficient (Wildman–Crippen LogP) is 1.46. The Hall–Kier alpha value is -1.59. The monoisotopic (exact) mass is 304 g/mol. The average Bonchev–Trinajstić information content (AvgIpc) is 2.59. The molecule has 1 aliphatic rings. The van der Waals surface area contributed by atoms with Gasteiger partial charge in [0.25, 0.3) is 0 Å². The molecule has 122 valence electrons. The van der Waals surface area contributed by atoms with E-state index in [0.717, 1.165) is 51.8 Å². The molecule has 0 aliphatic carbocycles. The van der Waals surface area contributed by atoms with Gasteiger partial charge in [-0.15, -0.1) is 0 Å². The van der Waals surface area contributed by atoms with E-state index in [2.05, 4.69) is 44.8 Å². The average molecular weight is 304 g/mol. The topological polar surface area (TPSA) is 48.9 Å². The van der Waals surface area contributed by atoms with E-state index >= 15 is 0 Å². The number of rotatable bonds is 7. The van der Waals surface area contributed by atoms with Crippen molar-refractivity contribution >= 4 is 5.96 Å². The number of nitrogens with zero attached hydrogens (tertiary/aromatic N) is 2. The lowest BCUT2D eigenvalue weighted by molar-refractivity contribution is 0.0372. The van der Waals surface area contributed by atoms with Crippen LogP contribution in [0.4, 0.5) is 0 Å². The van der Waals surface area contributed by atoms with Crippen molar-refractivity contribution < 1.29 is 4.74 Å². The van der Waals surface area contributed by atoms with Crippen molar-refractivity contribution in [1.29, 1.82) is 0 Å². The zero-order valence-corrected chi connectivity index (χ0v) is 13.6. The molecule has 1 saturated heterocycles. The molecule has 0 bridgehead atoms. The summed E-state index contributed by atoms with van der Waals surface area (Å²) in [4.78, 5) is 6.74. The van der Waals surface area contributed by atoms with Crippen LogP contribution in [0.25, 0.3) is 0 Å². The van der Waals surface area contributed by atoms with Crippen LogP contribution in [0.2, 0.25) is 0 Å². The summed E-state index contributed by atoms with van der Waals surface area (Å²) in [6, 6.07) is 10.4. The van der Waals surface area contributed by atoms with Crippen LogP contribution in [0, 0.1) is 0 Å². The number of unbranched alkanes of at least 4 members (excludes halogenated alkanes) is 1. The van der Waals surface area contributed by atoms with Gasteiger partial charge in [0.2, 0.25) is 0 Å². The summed E-state index contributed by atoms with van der Waals surface area (Å²) in [5.74, 6) is 0.871. The van der Waals surface area contributed by atoms with Crippen LogP contribution in [-0.4, -0.2) is 57.3 Å². The standard InChI is InChI=1S/C17H28N4O/c1-18-17(20-15-16-7-3-2-4-8-16)19-9-5-6-10-21-11-13-22-14-12-21/h2-4,7-8H,5-6,9-15H2,1H3,(H2,18,19,20). The number of hydrogen-bond acceptors (Lipinski definition) is 3. The normalized spacial score (nSPS) is 16.5. The highest BCUT2D eigenvalue weighted by Crippen LogP contribution is 2.00. The van der Waals surface area contributed by atoms with Gasteiger partial charge in [-0.3, -0.25) is 9.89 Å². The van der Waals surface area contributed by atoms with Crippen molar-refractivity contribution in [3.8, 4) is 0 Å². The van der Waals surface area contributed by atoms with E-state index < -0.39 is 0 Å². The molecule has 0 atom stereocenters. The summed E-state index contributed by atoms with van der Waals surface area (Å²) in [7, 11) is 1.81. The largest absolute Gasteiger partial charge is 0.379 e. The first-order valence-electron chi connectivity index (χ1n) is 8.17. The van der Waals surface area contributed by atoms with E-state index in [-0.39, 0.29) is 0 Å². The van der Waals surface area contributed by atoms with Crippen LogP contribution < -0.4 is 10.6 Å². The first kappa shape index (κ1) is 16.8. The lowest BCUT2D eigenvalue weighted by atomic mass is 10.2.